The molecule has 0 bridgehead atoms. The molecule has 19 heavy (non-hydrogen) atoms. The Bertz CT molecular complexity index is 571. The second-order valence-corrected chi connectivity index (χ2v) is 4.72. The molecular formula is C14H17ClN4. The van der Waals surface area contributed by atoms with E-state index in [4.69, 9.17) is 17.3 Å². The van der Waals surface area contributed by atoms with Gasteiger partial charge in [-0.2, -0.15) is 0 Å². The van der Waals surface area contributed by atoms with Gasteiger partial charge in [0.2, 0.25) is 0 Å². The van der Waals surface area contributed by atoms with Crippen molar-refractivity contribution in [1.82, 2.24) is 9.97 Å². The van der Waals surface area contributed by atoms with Crippen LogP contribution in [-0.4, -0.2) is 16.5 Å². The summed E-state index contributed by atoms with van der Waals surface area (Å²) in [7, 11) is 0. The number of aromatic nitrogens is 2. The van der Waals surface area contributed by atoms with Gasteiger partial charge in [-0.1, -0.05) is 17.7 Å². The van der Waals surface area contributed by atoms with Gasteiger partial charge in [-0.15, -0.1) is 0 Å². The van der Waals surface area contributed by atoms with Crippen LogP contribution in [0.1, 0.15) is 18.3 Å². The largest absolute Gasteiger partial charge is 0.396 e. The molecule has 0 saturated heterocycles. The number of aryl methyl sites for hydroxylation is 1. The first-order chi connectivity index (χ1) is 9.10. The van der Waals surface area contributed by atoms with Gasteiger partial charge in [-0.05, 0) is 38.1 Å². The standard InChI is InChI=1S/C14H17ClN4/c1-3-19(9-11-6-4-5-10(2)17-11)14-12(16)7-8-13(15)18-14/h4-8H,3,9,16H2,1-2H3. The smallest absolute Gasteiger partial charge is 0.153 e. The Morgan fingerprint density at radius 3 is 2.68 bits per heavy atom. The van der Waals surface area contributed by atoms with Gasteiger partial charge in [0.05, 0.1) is 17.9 Å². The van der Waals surface area contributed by atoms with Gasteiger partial charge in [0, 0.05) is 12.2 Å². The lowest BCUT2D eigenvalue weighted by atomic mass is 10.3. The molecular weight excluding hydrogens is 260 g/mol. The third kappa shape index (κ3) is 3.35. The summed E-state index contributed by atoms with van der Waals surface area (Å²) in [5, 5.41) is 0.444. The maximum Gasteiger partial charge on any atom is 0.153 e. The number of nitrogens with zero attached hydrogens (tertiary/aromatic N) is 3. The Hall–Kier alpha value is -1.81. The SMILES string of the molecule is CCN(Cc1cccc(C)n1)c1nc(Cl)ccc1N. The van der Waals surface area contributed by atoms with Crippen LogP contribution < -0.4 is 10.6 Å². The second kappa shape index (κ2) is 5.89. The molecule has 0 aliphatic carbocycles. The highest BCUT2D eigenvalue weighted by molar-refractivity contribution is 6.29. The third-order valence-corrected chi connectivity index (χ3v) is 3.06. The van der Waals surface area contributed by atoms with Crippen molar-refractivity contribution in [2.75, 3.05) is 17.2 Å². The van der Waals surface area contributed by atoms with E-state index in [-0.39, 0.29) is 0 Å². The molecule has 4 nitrogen and oxygen atoms in total. The van der Waals surface area contributed by atoms with Crippen molar-refractivity contribution in [3.05, 3.63) is 46.9 Å². The second-order valence-electron chi connectivity index (χ2n) is 4.33. The molecule has 2 N–H and O–H groups in total. The van der Waals surface area contributed by atoms with E-state index in [2.05, 4.69) is 21.8 Å². The van der Waals surface area contributed by atoms with Crippen LogP contribution >= 0.6 is 11.6 Å². The molecule has 5 heteroatoms. The van der Waals surface area contributed by atoms with E-state index in [0.29, 0.717) is 23.2 Å². The zero-order valence-corrected chi connectivity index (χ0v) is 11.9. The third-order valence-electron chi connectivity index (χ3n) is 2.85. The summed E-state index contributed by atoms with van der Waals surface area (Å²) in [5.41, 5.74) is 8.58. The molecule has 0 aromatic carbocycles. The molecule has 2 rings (SSSR count). The lowest BCUT2D eigenvalue weighted by Gasteiger charge is -2.23. The van der Waals surface area contributed by atoms with Crippen LogP contribution in [0.3, 0.4) is 0 Å². The van der Waals surface area contributed by atoms with Crippen LogP contribution in [0.15, 0.2) is 30.3 Å². The summed E-state index contributed by atoms with van der Waals surface area (Å²) in [6.07, 6.45) is 0. The molecule has 0 saturated carbocycles. The summed E-state index contributed by atoms with van der Waals surface area (Å²) in [5.74, 6) is 0.707. The van der Waals surface area contributed by atoms with Crippen molar-refractivity contribution < 1.29 is 0 Å². The van der Waals surface area contributed by atoms with Gasteiger partial charge < -0.3 is 10.6 Å². The average molecular weight is 277 g/mol. The van der Waals surface area contributed by atoms with Crippen molar-refractivity contribution in [3.8, 4) is 0 Å². The van der Waals surface area contributed by atoms with Gasteiger partial charge in [-0.25, -0.2) is 4.98 Å². The number of nitrogen functional groups attached to an aromatic ring is 1. The van der Waals surface area contributed by atoms with Crippen molar-refractivity contribution in [3.63, 3.8) is 0 Å². The number of pyridine rings is 2. The molecule has 0 unspecified atom stereocenters. The van der Waals surface area contributed by atoms with Gasteiger partial charge >= 0.3 is 0 Å². The van der Waals surface area contributed by atoms with Crippen LogP contribution in [0.5, 0.6) is 0 Å². The molecule has 2 aromatic heterocycles. The monoisotopic (exact) mass is 276 g/mol. The molecule has 0 radical (unpaired) electrons. The number of hydrogen-bond donors (Lipinski definition) is 1. The number of rotatable bonds is 4. The van der Waals surface area contributed by atoms with E-state index >= 15 is 0 Å². The van der Waals surface area contributed by atoms with Gasteiger partial charge in [-0.3, -0.25) is 4.98 Å². The van der Waals surface area contributed by atoms with Crippen molar-refractivity contribution in [2.45, 2.75) is 20.4 Å². The summed E-state index contributed by atoms with van der Waals surface area (Å²) in [4.78, 5) is 10.9. The van der Waals surface area contributed by atoms with E-state index < -0.39 is 0 Å². The number of hydrogen-bond acceptors (Lipinski definition) is 4. The fourth-order valence-corrected chi connectivity index (χ4v) is 2.05. The first-order valence-corrected chi connectivity index (χ1v) is 6.57. The summed E-state index contributed by atoms with van der Waals surface area (Å²) in [6.45, 7) is 5.48. The van der Waals surface area contributed by atoms with Crippen molar-refractivity contribution >= 4 is 23.1 Å². The first-order valence-electron chi connectivity index (χ1n) is 6.19. The fraction of sp³-hybridized carbons (Fsp3) is 0.286. The van der Waals surface area contributed by atoms with E-state index in [1.165, 1.54) is 0 Å². The quantitative estimate of drug-likeness (QED) is 0.872. The molecule has 0 atom stereocenters. The highest BCUT2D eigenvalue weighted by Crippen LogP contribution is 2.23. The Morgan fingerprint density at radius 1 is 1.21 bits per heavy atom. The van der Waals surface area contributed by atoms with Crippen LogP contribution in [0.2, 0.25) is 5.15 Å². The Labute approximate surface area is 118 Å². The van der Waals surface area contributed by atoms with Crippen LogP contribution in [0, 0.1) is 6.92 Å². The minimum absolute atomic E-state index is 0.444. The highest BCUT2D eigenvalue weighted by atomic mass is 35.5. The molecule has 0 aliphatic heterocycles. The van der Waals surface area contributed by atoms with Crippen molar-refractivity contribution in [1.29, 1.82) is 0 Å². The van der Waals surface area contributed by atoms with Gasteiger partial charge in [0.25, 0.3) is 0 Å². The molecule has 2 heterocycles. The lowest BCUT2D eigenvalue weighted by Crippen LogP contribution is -2.24. The number of nitrogens with two attached hydrogens (primary N) is 1. The Morgan fingerprint density at radius 2 is 2.00 bits per heavy atom. The van der Waals surface area contributed by atoms with Crippen LogP contribution in [-0.2, 0) is 6.54 Å². The normalized spacial score (nSPS) is 10.5. The number of halogens is 1. The van der Waals surface area contributed by atoms with E-state index in [1.807, 2.05) is 25.1 Å². The zero-order valence-electron chi connectivity index (χ0n) is 11.1. The topological polar surface area (TPSA) is 55.0 Å². The summed E-state index contributed by atoms with van der Waals surface area (Å²) in [6, 6.07) is 9.44. The molecule has 0 spiro atoms. The van der Waals surface area contributed by atoms with Crippen molar-refractivity contribution in [2.24, 2.45) is 0 Å². The molecule has 0 fully saturated rings. The fourth-order valence-electron chi connectivity index (χ4n) is 1.91. The summed E-state index contributed by atoms with van der Waals surface area (Å²) >= 11 is 5.94. The first kappa shape index (κ1) is 13.6. The molecule has 100 valence electrons. The van der Waals surface area contributed by atoms with E-state index in [1.54, 1.807) is 12.1 Å². The van der Waals surface area contributed by atoms with E-state index in [0.717, 1.165) is 17.9 Å². The summed E-state index contributed by atoms with van der Waals surface area (Å²) < 4.78 is 0. The lowest BCUT2D eigenvalue weighted by molar-refractivity contribution is 0.792. The van der Waals surface area contributed by atoms with E-state index in [9.17, 15) is 0 Å². The average Bonchev–Trinajstić information content (AvgIpc) is 2.39. The zero-order chi connectivity index (χ0) is 13.8. The maximum absolute atomic E-state index is 5.97. The van der Waals surface area contributed by atoms with Crippen LogP contribution in [0.25, 0.3) is 0 Å². The molecule has 0 aliphatic rings. The van der Waals surface area contributed by atoms with Gasteiger partial charge in [0.1, 0.15) is 5.15 Å². The minimum atomic E-state index is 0.444. The highest BCUT2D eigenvalue weighted by Gasteiger charge is 2.11. The predicted octanol–water partition coefficient (Wildman–Crippen LogP) is 3.05. The minimum Gasteiger partial charge on any atom is -0.396 e. The predicted molar refractivity (Wildman–Crippen MR) is 79.4 cm³/mol. The van der Waals surface area contributed by atoms with Gasteiger partial charge in [0.15, 0.2) is 5.82 Å². The Kier molecular flexibility index (Phi) is 4.22. The molecule has 0 amide bonds. The maximum atomic E-state index is 5.97. The van der Waals surface area contributed by atoms with Crippen LogP contribution in [0.4, 0.5) is 11.5 Å². The number of anilines is 2. The molecule has 2 aromatic rings. The Balaban J connectivity index is 2.27.